The second-order valence-corrected chi connectivity index (χ2v) is 3.85. The van der Waals surface area contributed by atoms with Crippen molar-refractivity contribution < 1.29 is 10.2 Å². The van der Waals surface area contributed by atoms with Crippen LogP contribution in [0, 0.1) is 0 Å². The van der Waals surface area contributed by atoms with Crippen LogP contribution in [0.2, 0.25) is 5.15 Å². The topological polar surface area (TPSA) is 77.7 Å². The summed E-state index contributed by atoms with van der Waals surface area (Å²) in [5, 5.41) is 22.9. The Kier molecular flexibility index (Phi) is 3.64. The molecule has 2 aromatic rings. The molecule has 3 N–H and O–H groups in total. The van der Waals surface area contributed by atoms with Gasteiger partial charge < -0.3 is 10.2 Å². The van der Waals surface area contributed by atoms with Crippen LogP contribution in [0.4, 0.5) is 5.82 Å². The number of halogens is 1. The average Bonchev–Trinajstić information content (AvgIpc) is 2.32. The first kappa shape index (κ1) is 12.2. The van der Waals surface area contributed by atoms with E-state index in [1.165, 1.54) is 18.3 Å². The summed E-state index contributed by atoms with van der Waals surface area (Å²) in [5.41, 5.74) is 3.15. The van der Waals surface area contributed by atoms with Gasteiger partial charge in [-0.2, -0.15) is 5.10 Å². The molecular weight excluding hydrogens is 254 g/mol. The van der Waals surface area contributed by atoms with E-state index in [0.717, 1.165) is 0 Å². The van der Waals surface area contributed by atoms with Gasteiger partial charge in [-0.25, -0.2) is 4.98 Å². The van der Waals surface area contributed by atoms with Gasteiger partial charge in [-0.15, -0.1) is 0 Å². The van der Waals surface area contributed by atoms with Gasteiger partial charge in [-0.1, -0.05) is 17.7 Å². The van der Waals surface area contributed by atoms with Crippen molar-refractivity contribution in [3.63, 3.8) is 0 Å². The molecule has 0 amide bonds. The molecule has 0 radical (unpaired) electrons. The number of benzene rings is 1. The number of aromatic hydroxyl groups is 2. The van der Waals surface area contributed by atoms with Crippen LogP contribution in [0.15, 0.2) is 41.5 Å². The van der Waals surface area contributed by atoms with E-state index >= 15 is 0 Å². The van der Waals surface area contributed by atoms with Crippen molar-refractivity contribution in [1.82, 2.24) is 4.98 Å². The van der Waals surface area contributed by atoms with Gasteiger partial charge in [0.2, 0.25) is 0 Å². The highest BCUT2D eigenvalue weighted by Crippen LogP contribution is 2.20. The lowest BCUT2D eigenvalue weighted by Gasteiger charge is -2.01. The van der Waals surface area contributed by atoms with Crippen LogP contribution in [-0.2, 0) is 0 Å². The first-order valence-corrected chi connectivity index (χ1v) is 5.46. The van der Waals surface area contributed by atoms with Gasteiger partial charge in [-0.3, -0.25) is 5.43 Å². The van der Waals surface area contributed by atoms with Gasteiger partial charge in [0, 0.05) is 11.6 Å². The fraction of sp³-hybridized carbons (Fsp3) is 0. The highest BCUT2D eigenvalue weighted by Gasteiger charge is 1.99. The van der Waals surface area contributed by atoms with Crippen molar-refractivity contribution in [1.29, 1.82) is 0 Å². The van der Waals surface area contributed by atoms with E-state index in [1.807, 2.05) is 0 Å². The Morgan fingerprint density at radius 1 is 1.22 bits per heavy atom. The van der Waals surface area contributed by atoms with E-state index in [2.05, 4.69) is 15.5 Å². The van der Waals surface area contributed by atoms with Crippen molar-refractivity contribution in [2.45, 2.75) is 0 Å². The van der Waals surface area contributed by atoms with Gasteiger partial charge in [-0.05, 0) is 24.3 Å². The lowest BCUT2D eigenvalue weighted by atomic mass is 10.2. The van der Waals surface area contributed by atoms with Crippen LogP contribution in [0.1, 0.15) is 5.56 Å². The number of phenols is 2. The number of anilines is 1. The molecule has 1 aromatic heterocycles. The summed E-state index contributed by atoms with van der Waals surface area (Å²) < 4.78 is 0. The Morgan fingerprint density at radius 3 is 2.78 bits per heavy atom. The van der Waals surface area contributed by atoms with Gasteiger partial charge in [0.1, 0.15) is 22.5 Å². The minimum absolute atomic E-state index is 0.00545. The Morgan fingerprint density at radius 2 is 2.06 bits per heavy atom. The number of pyridine rings is 1. The molecule has 0 saturated heterocycles. The monoisotopic (exact) mass is 263 g/mol. The molecule has 0 saturated carbocycles. The summed E-state index contributed by atoms with van der Waals surface area (Å²) in [5.74, 6) is 0.436. The first-order valence-electron chi connectivity index (χ1n) is 5.09. The normalized spacial score (nSPS) is 10.7. The number of aromatic nitrogens is 1. The molecule has 0 spiro atoms. The maximum atomic E-state index is 9.52. The van der Waals surface area contributed by atoms with Gasteiger partial charge >= 0.3 is 0 Å². The molecule has 0 aliphatic heterocycles. The van der Waals surface area contributed by atoms with Crippen LogP contribution in [-0.4, -0.2) is 21.4 Å². The smallest absolute Gasteiger partial charge is 0.147 e. The summed E-state index contributed by atoms with van der Waals surface area (Å²) in [4.78, 5) is 3.98. The minimum atomic E-state index is -0.0559. The number of nitrogens with one attached hydrogen (secondary N) is 1. The molecule has 6 heteroatoms. The van der Waals surface area contributed by atoms with E-state index in [4.69, 9.17) is 16.7 Å². The molecule has 0 atom stereocenters. The fourth-order valence-corrected chi connectivity index (χ4v) is 1.44. The standard InChI is InChI=1S/C12H10ClN3O2/c13-11-2-1-3-12(15-11)16-14-7-8-4-5-9(17)6-10(8)18/h1-7,17-18H,(H,15,16). The van der Waals surface area contributed by atoms with E-state index in [9.17, 15) is 5.11 Å². The number of hydrazone groups is 1. The number of hydrogen-bond donors (Lipinski definition) is 3. The average molecular weight is 264 g/mol. The highest BCUT2D eigenvalue weighted by molar-refractivity contribution is 6.29. The third-order valence-corrected chi connectivity index (χ3v) is 2.32. The highest BCUT2D eigenvalue weighted by atomic mass is 35.5. The quantitative estimate of drug-likeness (QED) is 0.452. The lowest BCUT2D eigenvalue weighted by molar-refractivity contribution is 0.450. The molecule has 92 valence electrons. The van der Waals surface area contributed by atoms with E-state index in [-0.39, 0.29) is 11.5 Å². The molecule has 0 unspecified atom stereocenters. The van der Waals surface area contributed by atoms with Crippen molar-refractivity contribution in [2.75, 3.05) is 5.43 Å². The van der Waals surface area contributed by atoms with E-state index in [1.54, 1.807) is 24.3 Å². The van der Waals surface area contributed by atoms with E-state index < -0.39 is 0 Å². The van der Waals surface area contributed by atoms with E-state index in [0.29, 0.717) is 16.5 Å². The second-order valence-electron chi connectivity index (χ2n) is 3.46. The van der Waals surface area contributed by atoms with Gasteiger partial charge in [0.05, 0.1) is 6.21 Å². The summed E-state index contributed by atoms with van der Waals surface area (Å²) in [7, 11) is 0. The summed E-state index contributed by atoms with van der Waals surface area (Å²) in [6, 6.07) is 9.34. The van der Waals surface area contributed by atoms with Crippen molar-refractivity contribution >= 4 is 23.6 Å². The maximum absolute atomic E-state index is 9.52. The predicted molar refractivity (Wildman–Crippen MR) is 70.2 cm³/mol. The lowest BCUT2D eigenvalue weighted by Crippen LogP contribution is -1.93. The fourth-order valence-electron chi connectivity index (χ4n) is 1.28. The molecule has 5 nitrogen and oxygen atoms in total. The Balaban J connectivity index is 2.07. The molecule has 0 aliphatic rings. The third-order valence-electron chi connectivity index (χ3n) is 2.11. The Bertz CT molecular complexity index is 587. The molecule has 0 bridgehead atoms. The van der Waals surface area contributed by atoms with Gasteiger partial charge in [0.15, 0.2) is 0 Å². The van der Waals surface area contributed by atoms with Crippen LogP contribution in [0.5, 0.6) is 11.5 Å². The zero-order chi connectivity index (χ0) is 13.0. The van der Waals surface area contributed by atoms with Crippen molar-refractivity contribution in [2.24, 2.45) is 5.10 Å². The molecule has 0 fully saturated rings. The molecule has 1 heterocycles. The predicted octanol–water partition coefficient (Wildman–Crippen LogP) is 2.59. The summed E-state index contributed by atoms with van der Waals surface area (Å²) in [6.07, 6.45) is 1.41. The Hall–Kier alpha value is -2.27. The Labute approximate surface area is 108 Å². The minimum Gasteiger partial charge on any atom is -0.508 e. The molecule has 2 rings (SSSR count). The third kappa shape index (κ3) is 3.11. The number of hydrogen-bond acceptors (Lipinski definition) is 5. The number of nitrogens with zero attached hydrogens (tertiary/aromatic N) is 2. The van der Waals surface area contributed by atoms with Crippen LogP contribution in [0.3, 0.4) is 0 Å². The second kappa shape index (κ2) is 5.37. The van der Waals surface area contributed by atoms with Gasteiger partial charge in [0.25, 0.3) is 0 Å². The first-order chi connectivity index (χ1) is 8.65. The summed E-state index contributed by atoms with van der Waals surface area (Å²) >= 11 is 5.71. The zero-order valence-corrected chi connectivity index (χ0v) is 9.96. The van der Waals surface area contributed by atoms with Crippen LogP contribution >= 0.6 is 11.6 Å². The maximum Gasteiger partial charge on any atom is 0.147 e. The van der Waals surface area contributed by atoms with Crippen LogP contribution < -0.4 is 5.43 Å². The van der Waals surface area contributed by atoms with Crippen LogP contribution in [0.25, 0.3) is 0 Å². The number of rotatable bonds is 3. The largest absolute Gasteiger partial charge is 0.508 e. The molecule has 18 heavy (non-hydrogen) atoms. The summed E-state index contributed by atoms with van der Waals surface area (Å²) in [6.45, 7) is 0. The van der Waals surface area contributed by atoms with Crippen molar-refractivity contribution in [3.05, 3.63) is 47.1 Å². The molecule has 0 aliphatic carbocycles. The SMILES string of the molecule is Oc1ccc(C=NNc2cccc(Cl)n2)c(O)c1. The molecule has 1 aromatic carbocycles. The molecular formula is C12H10ClN3O2. The number of phenolic OH excluding ortho intramolecular Hbond substituents is 2. The van der Waals surface area contributed by atoms with Crippen molar-refractivity contribution in [3.8, 4) is 11.5 Å². The zero-order valence-electron chi connectivity index (χ0n) is 9.21.